The van der Waals surface area contributed by atoms with Crippen molar-refractivity contribution in [1.29, 1.82) is 0 Å². The number of hydrogen-bond acceptors (Lipinski definition) is 3. The fourth-order valence-electron chi connectivity index (χ4n) is 3.16. The van der Waals surface area contributed by atoms with E-state index in [4.69, 9.17) is 0 Å². The molecular formula is C16H16F17NO2. The molecule has 0 aromatic heterocycles. The fourth-order valence-corrected chi connectivity index (χ4v) is 3.16. The van der Waals surface area contributed by atoms with Gasteiger partial charge >= 0.3 is 30.6 Å². The summed E-state index contributed by atoms with van der Waals surface area (Å²) in [6.07, 6.45) is -43.4. The van der Waals surface area contributed by atoms with Crippen LogP contribution < -0.4 is 0 Å². The van der Waals surface area contributed by atoms with E-state index in [0.717, 1.165) is 0 Å². The van der Waals surface area contributed by atoms with Crippen LogP contribution in [0.2, 0.25) is 0 Å². The Hall–Kier alpha value is -1.31. The number of halogens is 17. The molecule has 0 aromatic carbocycles. The Kier molecular flexibility index (Phi) is 9.18. The Bertz CT molecular complexity index is 706. The number of alkyl halides is 17. The first-order valence-electron chi connectivity index (χ1n) is 9.36. The first kappa shape index (κ1) is 32.7. The highest BCUT2D eigenvalue weighted by Crippen LogP contribution is 2.45. The van der Waals surface area contributed by atoms with E-state index in [1.807, 2.05) is 0 Å². The third-order valence-electron chi connectivity index (χ3n) is 5.02. The molecule has 216 valence electrons. The third-order valence-corrected chi connectivity index (χ3v) is 5.02. The Morgan fingerprint density at radius 2 is 1.00 bits per heavy atom. The smallest absolute Gasteiger partial charge is 0.363 e. The summed E-state index contributed by atoms with van der Waals surface area (Å²) in [6, 6.07) is -4.54. The van der Waals surface area contributed by atoms with Crippen LogP contribution in [0.15, 0.2) is 0 Å². The van der Waals surface area contributed by atoms with Crippen molar-refractivity contribution < 1.29 is 84.1 Å². The molecule has 4 unspecified atom stereocenters. The van der Waals surface area contributed by atoms with E-state index >= 15 is 0 Å². The standard InChI is InChI=1S/C16H16F17NO2/c1-5(11(18,19)9(17)15(28,29)30)35-6(2)12(20,21)10(16(31,32)33)34-3-7(13(22,23)24)36-8(4-34)14(25,26)27/h5-10H,3-4H2,1-2H3/t5-,6?,7?,8?,9-,10?/m1/s1. The molecule has 0 aromatic rings. The van der Waals surface area contributed by atoms with E-state index in [2.05, 4.69) is 9.47 Å². The van der Waals surface area contributed by atoms with Gasteiger partial charge < -0.3 is 9.47 Å². The van der Waals surface area contributed by atoms with Crippen molar-refractivity contribution >= 4 is 0 Å². The minimum Gasteiger partial charge on any atom is -0.363 e. The molecule has 0 N–H and O–H groups in total. The monoisotopic (exact) mass is 577 g/mol. The van der Waals surface area contributed by atoms with Crippen LogP contribution in [0.1, 0.15) is 13.8 Å². The lowest BCUT2D eigenvalue weighted by Crippen LogP contribution is -2.68. The van der Waals surface area contributed by atoms with Crippen LogP contribution in [-0.2, 0) is 9.47 Å². The lowest BCUT2D eigenvalue weighted by molar-refractivity contribution is -0.338. The first-order chi connectivity index (χ1) is 15.6. The van der Waals surface area contributed by atoms with Gasteiger partial charge in [0.25, 0.3) is 12.1 Å². The molecule has 1 aliphatic heterocycles. The largest absolute Gasteiger partial charge is 0.425 e. The molecule has 0 bridgehead atoms. The Balaban J connectivity index is 3.37. The topological polar surface area (TPSA) is 21.7 Å². The van der Waals surface area contributed by atoms with E-state index in [-0.39, 0.29) is 13.8 Å². The lowest BCUT2D eigenvalue weighted by atomic mass is 9.99. The highest BCUT2D eigenvalue weighted by atomic mass is 19.4. The SMILES string of the molecule is CC(O[C@H](C)C(F)(F)[C@@H](F)C(F)(F)F)C(F)(F)C(N1CC(C(F)(F)F)OC(C(F)(F)F)C1)C(F)(F)F. The minimum atomic E-state index is -6.33. The first-order valence-corrected chi connectivity index (χ1v) is 9.36. The van der Waals surface area contributed by atoms with Gasteiger partial charge in [-0.3, -0.25) is 4.90 Å². The molecule has 0 amide bonds. The van der Waals surface area contributed by atoms with E-state index in [1.165, 1.54) is 0 Å². The van der Waals surface area contributed by atoms with Crippen molar-refractivity contribution in [2.75, 3.05) is 13.1 Å². The Morgan fingerprint density at radius 1 is 0.639 bits per heavy atom. The zero-order valence-corrected chi connectivity index (χ0v) is 17.6. The second kappa shape index (κ2) is 10.1. The maximum absolute atomic E-state index is 14.7. The molecule has 1 saturated heterocycles. The van der Waals surface area contributed by atoms with Crippen LogP contribution in [-0.4, -0.2) is 91.2 Å². The van der Waals surface area contributed by atoms with Gasteiger partial charge in [-0.1, -0.05) is 0 Å². The number of hydrogen-bond donors (Lipinski definition) is 0. The minimum absolute atomic E-state index is 0.110. The summed E-state index contributed by atoms with van der Waals surface area (Å²) in [4.78, 5) is -0.990. The van der Waals surface area contributed by atoms with E-state index < -0.39 is 91.2 Å². The highest BCUT2D eigenvalue weighted by Gasteiger charge is 2.66. The molecule has 1 rings (SSSR count). The van der Waals surface area contributed by atoms with Gasteiger partial charge in [-0.2, -0.15) is 52.7 Å². The quantitative estimate of drug-likeness (QED) is 0.343. The van der Waals surface area contributed by atoms with Crippen molar-refractivity contribution in [1.82, 2.24) is 4.90 Å². The fraction of sp³-hybridized carbons (Fsp3) is 1.00. The summed E-state index contributed by atoms with van der Waals surface area (Å²) in [5.74, 6) is -11.3. The Labute approximate surface area is 190 Å². The summed E-state index contributed by atoms with van der Waals surface area (Å²) >= 11 is 0. The van der Waals surface area contributed by atoms with E-state index in [0.29, 0.717) is 0 Å². The van der Waals surface area contributed by atoms with E-state index in [1.54, 1.807) is 0 Å². The van der Waals surface area contributed by atoms with Crippen LogP contribution in [0.3, 0.4) is 0 Å². The molecule has 36 heavy (non-hydrogen) atoms. The molecule has 1 heterocycles. The zero-order chi connectivity index (χ0) is 28.9. The summed E-state index contributed by atoms with van der Waals surface area (Å²) in [6.45, 7) is -4.65. The number of nitrogens with zero attached hydrogens (tertiary/aromatic N) is 1. The predicted octanol–water partition coefficient (Wildman–Crippen LogP) is 6.08. The highest BCUT2D eigenvalue weighted by molar-refractivity contribution is 5.00. The number of rotatable bonds is 7. The second-order valence-electron chi connectivity index (χ2n) is 7.77. The van der Waals surface area contributed by atoms with Crippen molar-refractivity contribution in [3.63, 3.8) is 0 Å². The van der Waals surface area contributed by atoms with Gasteiger partial charge in [0.1, 0.15) is 12.2 Å². The van der Waals surface area contributed by atoms with Crippen LogP contribution in [0.4, 0.5) is 74.6 Å². The molecule has 0 radical (unpaired) electrons. The van der Waals surface area contributed by atoms with Gasteiger partial charge in [-0.25, -0.2) is 22.0 Å². The average molecular weight is 577 g/mol. The average Bonchev–Trinajstić information content (AvgIpc) is 2.63. The number of ether oxygens (including phenoxy) is 2. The predicted molar refractivity (Wildman–Crippen MR) is 83.0 cm³/mol. The van der Waals surface area contributed by atoms with E-state index in [9.17, 15) is 74.6 Å². The Morgan fingerprint density at radius 3 is 1.31 bits per heavy atom. The maximum atomic E-state index is 14.7. The molecule has 3 nitrogen and oxygen atoms in total. The molecule has 6 atom stereocenters. The van der Waals surface area contributed by atoms with Crippen LogP contribution in [0.25, 0.3) is 0 Å². The molecule has 0 spiro atoms. The zero-order valence-electron chi connectivity index (χ0n) is 17.6. The lowest BCUT2D eigenvalue weighted by Gasteiger charge is -2.46. The van der Waals surface area contributed by atoms with Gasteiger partial charge in [-0.05, 0) is 13.8 Å². The van der Waals surface area contributed by atoms with Crippen molar-refractivity contribution in [3.05, 3.63) is 0 Å². The van der Waals surface area contributed by atoms with Gasteiger partial charge in [-0.15, -0.1) is 0 Å². The van der Waals surface area contributed by atoms with Crippen molar-refractivity contribution in [2.45, 2.75) is 87.0 Å². The van der Waals surface area contributed by atoms with Gasteiger partial charge in [0.05, 0.1) is 0 Å². The van der Waals surface area contributed by atoms with Crippen LogP contribution in [0, 0.1) is 0 Å². The summed E-state index contributed by atoms with van der Waals surface area (Å²) in [5, 5.41) is 0. The van der Waals surface area contributed by atoms with Crippen molar-refractivity contribution in [3.8, 4) is 0 Å². The summed E-state index contributed by atoms with van der Waals surface area (Å²) in [7, 11) is 0. The number of morpholine rings is 1. The molecule has 0 aliphatic carbocycles. The molecule has 1 fully saturated rings. The third kappa shape index (κ3) is 7.38. The molecule has 1 aliphatic rings. The summed E-state index contributed by atoms with van der Waals surface area (Å²) in [5.41, 5.74) is 0. The molecule has 0 saturated carbocycles. The van der Waals surface area contributed by atoms with Gasteiger partial charge in [0, 0.05) is 13.1 Å². The van der Waals surface area contributed by atoms with Crippen LogP contribution in [0.5, 0.6) is 0 Å². The van der Waals surface area contributed by atoms with Crippen LogP contribution >= 0.6 is 0 Å². The maximum Gasteiger partial charge on any atom is 0.425 e. The summed E-state index contributed by atoms with van der Waals surface area (Å²) < 4.78 is 232. The van der Waals surface area contributed by atoms with Gasteiger partial charge in [0.2, 0.25) is 0 Å². The van der Waals surface area contributed by atoms with Crippen molar-refractivity contribution in [2.24, 2.45) is 0 Å². The molecular weight excluding hydrogens is 561 g/mol. The van der Waals surface area contributed by atoms with Gasteiger partial charge in [0.15, 0.2) is 18.2 Å². The molecule has 20 heteroatoms. The second-order valence-corrected chi connectivity index (χ2v) is 7.77. The normalized spacial score (nSPS) is 25.4.